The van der Waals surface area contributed by atoms with Gasteiger partial charge in [0, 0.05) is 23.1 Å². The van der Waals surface area contributed by atoms with E-state index in [1.54, 1.807) is 12.1 Å². The van der Waals surface area contributed by atoms with Gasteiger partial charge in [0.05, 0.1) is 11.8 Å². The molecule has 29 heavy (non-hydrogen) atoms. The standard InChI is InChI=1S/C23H17FN2O3/c24-16-8-5-14(6-9-16)23-26-19(17-3-1-2-4-20(17)29-23)12-18(25-26)15-7-10-21-22(11-15)28-13-27-21/h1-11,19,23H,12-13H2/t19-,23+/m1/s1. The first-order valence-electron chi connectivity index (χ1n) is 9.53. The largest absolute Gasteiger partial charge is 0.464 e. The van der Waals surface area contributed by atoms with E-state index in [0.29, 0.717) is 0 Å². The van der Waals surface area contributed by atoms with Crippen molar-refractivity contribution in [3.05, 3.63) is 89.2 Å². The first-order valence-corrected chi connectivity index (χ1v) is 9.53. The van der Waals surface area contributed by atoms with E-state index in [2.05, 4.69) is 6.07 Å². The molecule has 3 aliphatic rings. The molecule has 5 nitrogen and oxygen atoms in total. The van der Waals surface area contributed by atoms with Gasteiger partial charge in [0.25, 0.3) is 0 Å². The first-order chi connectivity index (χ1) is 14.3. The average Bonchev–Trinajstić information content (AvgIpc) is 3.40. The Labute approximate surface area is 166 Å². The zero-order valence-corrected chi connectivity index (χ0v) is 15.4. The Hall–Kier alpha value is -3.54. The van der Waals surface area contributed by atoms with Gasteiger partial charge in [-0.1, -0.05) is 30.3 Å². The summed E-state index contributed by atoms with van der Waals surface area (Å²) in [5, 5.41) is 6.90. The molecule has 0 unspecified atom stereocenters. The predicted octanol–water partition coefficient (Wildman–Crippen LogP) is 4.80. The third-order valence-electron chi connectivity index (χ3n) is 5.56. The molecule has 3 aromatic rings. The lowest BCUT2D eigenvalue weighted by Crippen LogP contribution is -2.33. The summed E-state index contributed by atoms with van der Waals surface area (Å²) in [5.74, 6) is 2.06. The SMILES string of the molecule is Fc1ccc([C@@H]2Oc3ccccc3[C@H]3CC(c4ccc5c(c4)OCO5)=NN32)cc1. The molecule has 0 bridgehead atoms. The summed E-state index contributed by atoms with van der Waals surface area (Å²) in [4.78, 5) is 0. The smallest absolute Gasteiger partial charge is 0.231 e. The topological polar surface area (TPSA) is 43.3 Å². The lowest BCUT2D eigenvalue weighted by atomic mass is 9.96. The number of fused-ring (bicyclic) bond motifs is 4. The minimum Gasteiger partial charge on any atom is -0.464 e. The van der Waals surface area contributed by atoms with Gasteiger partial charge in [-0.15, -0.1) is 0 Å². The molecule has 144 valence electrons. The number of para-hydroxylation sites is 1. The van der Waals surface area contributed by atoms with E-state index >= 15 is 0 Å². The molecule has 0 aliphatic carbocycles. The lowest BCUT2D eigenvalue weighted by molar-refractivity contribution is -0.0190. The third kappa shape index (κ3) is 2.63. The van der Waals surface area contributed by atoms with E-state index in [0.717, 1.165) is 46.1 Å². The van der Waals surface area contributed by atoms with Gasteiger partial charge in [0.1, 0.15) is 11.6 Å². The van der Waals surface area contributed by atoms with Crippen LogP contribution in [-0.2, 0) is 0 Å². The fraction of sp³-hybridized carbons (Fsp3) is 0.174. The van der Waals surface area contributed by atoms with Gasteiger partial charge < -0.3 is 14.2 Å². The van der Waals surface area contributed by atoms with Crippen LogP contribution in [0, 0.1) is 5.82 Å². The Morgan fingerprint density at radius 1 is 0.897 bits per heavy atom. The maximum absolute atomic E-state index is 13.4. The van der Waals surface area contributed by atoms with E-state index in [9.17, 15) is 4.39 Å². The van der Waals surface area contributed by atoms with Gasteiger partial charge in [-0.25, -0.2) is 9.40 Å². The van der Waals surface area contributed by atoms with Gasteiger partial charge in [-0.05, 0) is 36.4 Å². The second-order valence-electron chi connectivity index (χ2n) is 7.27. The van der Waals surface area contributed by atoms with Crippen molar-refractivity contribution in [1.29, 1.82) is 0 Å². The van der Waals surface area contributed by atoms with Crippen molar-refractivity contribution < 1.29 is 18.6 Å². The highest BCUT2D eigenvalue weighted by Crippen LogP contribution is 2.47. The quantitative estimate of drug-likeness (QED) is 0.633. The molecule has 0 saturated heterocycles. The Morgan fingerprint density at radius 2 is 1.72 bits per heavy atom. The van der Waals surface area contributed by atoms with Crippen molar-refractivity contribution >= 4 is 5.71 Å². The summed E-state index contributed by atoms with van der Waals surface area (Å²) in [6, 6.07) is 20.4. The summed E-state index contributed by atoms with van der Waals surface area (Å²) in [7, 11) is 0. The Bertz CT molecular complexity index is 1130. The van der Waals surface area contributed by atoms with Crippen molar-refractivity contribution in [2.45, 2.75) is 18.7 Å². The van der Waals surface area contributed by atoms with E-state index in [4.69, 9.17) is 19.3 Å². The number of hydrogen-bond acceptors (Lipinski definition) is 5. The molecule has 0 fully saturated rings. The highest BCUT2D eigenvalue weighted by molar-refractivity contribution is 6.02. The van der Waals surface area contributed by atoms with E-state index in [1.165, 1.54) is 12.1 Å². The predicted molar refractivity (Wildman–Crippen MR) is 105 cm³/mol. The number of halogens is 1. The molecule has 0 amide bonds. The molecule has 0 saturated carbocycles. The van der Waals surface area contributed by atoms with Crippen LogP contribution in [0.5, 0.6) is 17.2 Å². The Kier molecular flexibility index (Phi) is 3.53. The summed E-state index contributed by atoms with van der Waals surface area (Å²) >= 11 is 0. The van der Waals surface area contributed by atoms with Gasteiger partial charge in [0.15, 0.2) is 11.5 Å². The number of hydrogen-bond donors (Lipinski definition) is 0. The lowest BCUT2D eigenvalue weighted by Gasteiger charge is -2.38. The first kappa shape index (κ1) is 16.4. The van der Waals surface area contributed by atoms with Crippen LogP contribution >= 0.6 is 0 Å². The zero-order chi connectivity index (χ0) is 19.4. The fourth-order valence-electron chi connectivity index (χ4n) is 4.13. The average molecular weight is 388 g/mol. The Morgan fingerprint density at radius 3 is 2.62 bits per heavy atom. The fourth-order valence-corrected chi connectivity index (χ4v) is 4.13. The van der Waals surface area contributed by atoms with Crippen molar-refractivity contribution in [2.75, 3.05) is 6.79 Å². The van der Waals surface area contributed by atoms with Crippen LogP contribution in [0.2, 0.25) is 0 Å². The number of ether oxygens (including phenoxy) is 3. The zero-order valence-electron chi connectivity index (χ0n) is 15.4. The number of rotatable bonds is 2. The van der Waals surface area contributed by atoms with Gasteiger partial charge in [0.2, 0.25) is 13.0 Å². The molecular weight excluding hydrogens is 371 g/mol. The molecule has 0 N–H and O–H groups in total. The summed E-state index contributed by atoms with van der Waals surface area (Å²) in [6.45, 7) is 0.244. The van der Waals surface area contributed by atoms with E-state index in [-0.39, 0.29) is 18.7 Å². The maximum atomic E-state index is 13.4. The van der Waals surface area contributed by atoms with Gasteiger partial charge in [-0.2, -0.15) is 5.10 Å². The van der Waals surface area contributed by atoms with E-state index in [1.807, 2.05) is 41.4 Å². The van der Waals surface area contributed by atoms with Crippen molar-refractivity contribution in [3.63, 3.8) is 0 Å². The van der Waals surface area contributed by atoms with Crippen LogP contribution in [0.25, 0.3) is 0 Å². The molecule has 0 radical (unpaired) electrons. The van der Waals surface area contributed by atoms with Crippen LogP contribution in [0.4, 0.5) is 4.39 Å². The summed E-state index contributed by atoms with van der Waals surface area (Å²) in [5.41, 5.74) is 3.92. The van der Waals surface area contributed by atoms with Gasteiger partial charge in [-0.3, -0.25) is 0 Å². The number of benzene rings is 3. The third-order valence-corrected chi connectivity index (χ3v) is 5.56. The molecule has 3 aliphatic heterocycles. The molecule has 3 heterocycles. The summed E-state index contributed by atoms with van der Waals surface area (Å²) < 4.78 is 30.7. The second kappa shape index (κ2) is 6.24. The maximum Gasteiger partial charge on any atom is 0.231 e. The highest BCUT2D eigenvalue weighted by atomic mass is 19.1. The minimum absolute atomic E-state index is 0.0513. The second-order valence-corrected chi connectivity index (χ2v) is 7.27. The normalized spacial score (nSPS) is 21.3. The molecule has 2 atom stereocenters. The molecule has 6 heteroatoms. The minimum atomic E-state index is -0.415. The Balaban J connectivity index is 1.42. The van der Waals surface area contributed by atoms with Crippen LogP contribution in [0.1, 0.15) is 35.4 Å². The monoisotopic (exact) mass is 388 g/mol. The van der Waals surface area contributed by atoms with Crippen LogP contribution in [0.3, 0.4) is 0 Å². The molecular formula is C23H17FN2O3. The van der Waals surface area contributed by atoms with Crippen molar-refractivity contribution in [3.8, 4) is 17.2 Å². The van der Waals surface area contributed by atoms with Gasteiger partial charge >= 0.3 is 0 Å². The van der Waals surface area contributed by atoms with Crippen LogP contribution in [0.15, 0.2) is 71.8 Å². The molecule has 6 rings (SSSR count). The summed E-state index contributed by atoms with van der Waals surface area (Å²) in [6.07, 6.45) is 0.333. The van der Waals surface area contributed by atoms with Crippen LogP contribution < -0.4 is 14.2 Å². The van der Waals surface area contributed by atoms with E-state index < -0.39 is 6.23 Å². The van der Waals surface area contributed by atoms with Crippen LogP contribution in [-0.4, -0.2) is 17.5 Å². The highest BCUT2D eigenvalue weighted by Gasteiger charge is 2.41. The number of nitrogens with zero attached hydrogens (tertiary/aromatic N) is 2. The molecule has 0 aromatic heterocycles. The van der Waals surface area contributed by atoms with Crippen molar-refractivity contribution in [1.82, 2.24) is 5.01 Å². The number of hydrazone groups is 1. The molecule has 0 spiro atoms. The molecule has 3 aromatic carbocycles. The van der Waals surface area contributed by atoms with Crippen molar-refractivity contribution in [2.24, 2.45) is 5.10 Å².